The molecule has 7 heteroatoms. The van der Waals surface area contributed by atoms with E-state index in [1.54, 1.807) is 25.1 Å². The highest BCUT2D eigenvalue weighted by atomic mass is 16.5. The van der Waals surface area contributed by atoms with Crippen LogP contribution in [0.3, 0.4) is 0 Å². The summed E-state index contributed by atoms with van der Waals surface area (Å²) in [7, 11) is 0. The first-order chi connectivity index (χ1) is 12.8. The van der Waals surface area contributed by atoms with E-state index in [0.717, 1.165) is 12.3 Å². The molecule has 3 aromatic rings. The van der Waals surface area contributed by atoms with Gasteiger partial charge < -0.3 is 29.6 Å². The number of aliphatic hydroxyl groups is 1. The van der Waals surface area contributed by atoms with Crippen molar-refractivity contribution in [1.29, 1.82) is 0 Å². The quantitative estimate of drug-likeness (QED) is 0.549. The minimum atomic E-state index is -0.892. The monoisotopic (exact) mass is 368 g/mol. The Labute approximate surface area is 153 Å². The van der Waals surface area contributed by atoms with Crippen molar-refractivity contribution < 1.29 is 29.6 Å². The van der Waals surface area contributed by atoms with E-state index in [0.29, 0.717) is 11.3 Å². The van der Waals surface area contributed by atoms with Crippen molar-refractivity contribution in [3.8, 4) is 34.1 Å². The third-order valence-corrected chi connectivity index (χ3v) is 4.57. The number of aromatic hydroxyl groups is 3. The highest BCUT2D eigenvalue weighted by molar-refractivity contribution is 5.89. The molecule has 0 fully saturated rings. The molecule has 4 rings (SSSR count). The second kappa shape index (κ2) is 5.78. The molecule has 138 valence electrons. The van der Waals surface area contributed by atoms with E-state index in [-0.39, 0.29) is 40.2 Å². The Balaban J connectivity index is 1.91. The minimum Gasteiger partial charge on any atom is -0.508 e. The average molecular weight is 368 g/mol. The SMILES string of the molecule is C[C@@]1(CO)C=Cc2c(ccc(-c3coc4cc(O)cc(O)c4c3=O)c2O)O1. The van der Waals surface area contributed by atoms with Gasteiger partial charge in [-0.3, -0.25) is 4.79 Å². The van der Waals surface area contributed by atoms with Crippen LogP contribution in [0.15, 0.2) is 45.8 Å². The number of phenols is 3. The number of ether oxygens (including phenoxy) is 1. The predicted octanol–water partition coefficient (Wildman–Crippen LogP) is 2.73. The Kier molecular flexibility index (Phi) is 3.64. The second-order valence-corrected chi connectivity index (χ2v) is 6.60. The van der Waals surface area contributed by atoms with Gasteiger partial charge in [0.15, 0.2) is 0 Å². The van der Waals surface area contributed by atoms with Crippen LogP contribution in [0.1, 0.15) is 12.5 Å². The molecule has 0 aliphatic carbocycles. The van der Waals surface area contributed by atoms with Crippen LogP contribution in [0, 0.1) is 0 Å². The first-order valence-electron chi connectivity index (χ1n) is 8.16. The third kappa shape index (κ3) is 2.60. The maximum Gasteiger partial charge on any atom is 0.204 e. The van der Waals surface area contributed by atoms with Crippen LogP contribution in [0.25, 0.3) is 28.2 Å². The van der Waals surface area contributed by atoms with Gasteiger partial charge in [-0.15, -0.1) is 0 Å². The van der Waals surface area contributed by atoms with E-state index < -0.39 is 16.8 Å². The zero-order valence-electron chi connectivity index (χ0n) is 14.3. The molecule has 1 aliphatic heterocycles. The number of phenolic OH excluding ortho intramolecular Hbond substituents is 3. The number of hydrogen-bond donors (Lipinski definition) is 4. The molecule has 2 heterocycles. The summed E-state index contributed by atoms with van der Waals surface area (Å²) >= 11 is 0. The van der Waals surface area contributed by atoms with Crippen LogP contribution in [-0.2, 0) is 0 Å². The van der Waals surface area contributed by atoms with Gasteiger partial charge in [0.1, 0.15) is 45.8 Å². The molecular weight excluding hydrogens is 352 g/mol. The van der Waals surface area contributed by atoms with Gasteiger partial charge in [0.05, 0.1) is 17.7 Å². The lowest BCUT2D eigenvalue weighted by Gasteiger charge is -2.30. The van der Waals surface area contributed by atoms with Crippen LogP contribution < -0.4 is 10.2 Å². The molecular formula is C20H16O7. The summed E-state index contributed by atoms with van der Waals surface area (Å²) in [5.41, 5.74) is -0.791. The molecule has 0 bridgehead atoms. The fraction of sp³-hybridized carbons (Fsp3) is 0.150. The molecule has 0 unspecified atom stereocenters. The van der Waals surface area contributed by atoms with Crippen molar-refractivity contribution in [2.45, 2.75) is 12.5 Å². The zero-order valence-corrected chi connectivity index (χ0v) is 14.3. The van der Waals surface area contributed by atoms with Crippen LogP contribution in [0.5, 0.6) is 23.0 Å². The number of rotatable bonds is 2. The van der Waals surface area contributed by atoms with Crippen molar-refractivity contribution >= 4 is 17.0 Å². The lowest BCUT2D eigenvalue weighted by atomic mass is 9.96. The van der Waals surface area contributed by atoms with Gasteiger partial charge in [0.25, 0.3) is 0 Å². The van der Waals surface area contributed by atoms with Crippen molar-refractivity contribution in [2.75, 3.05) is 6.61 Å². The highest BCUT2D eigenvalue weighted by Gasteiger charge is 2.29. The fourth-order valence-electron chi connectivity index (χ4n) is 3.09. The van der Waals surface area contributed by atoms with E-state index in [1.807, 2.05) is 0 Å². The van der Waals surface area contributed by atoms with E-state index >= 15 is 0 Å². The Hall–Kier alpha value is -3.45. The lowest BCUT2D eigenvalue weighted by molar-refractivity contribution is 0.0638. The fourth-order valence-corrected chi connectivity index (χ4v) is 3.09. The van der Waals surface area contributed by atoms with Crippen molar-refractivity contribution in [3.63, 3.8) is 0 Å². The van der Waals surface area contributed by atoms with Crippen molar-refractivity contribution in [3.05, 3.63) is 52.4 Å². The molecule has 2 aromatic carbocycles. The summed E-state index contributed by atoms with van der Waals surface area (Å²) in [6.07, 6.45) is 4.40. The smallest absolute Gasteiger partial charge is 0.204 e. The molecule has 1 aliphatic rings. The molecule has 27 heavy (non-hydrogen) atoms. The molecule has 7 nitrogen and oxygen atoms in total. The van der Waals surface area contributed by atoms with Crippen LogP contribution >= 0.6 is 0 Å². The van der Waals surface area contributed by atoms with Gasteiger partial charge in [-0.2, -0.15) is 0 Å². The Morgan fingerprint density at radius 2 is 1.89 bits per heavy atom. The second-order valence-electron chi connectivity index (χ2n) is 6.60. The Morgan fingerprint density at radius 3 is 2.63 bits per heavy atom. The largest absolute Gasteiger partial charge is 0.508 e. The Morgan fingerprint density at radius 1 is 1.11 bits per heavy atom. The molecule has 0 spiro atoms. The van der Waals surface area contributed by atoms with Gasteiger partial charge in [-0.1, -0.05) is 0 Å². The van der Waals surface area contributed by atoms with Crippen molar-refractivity contribution in [2.24, 2.45) is 0 Å². The third-order valence-electron chi connectivity index (χ3n) is 4.57. The summed E-state index contributed by atoms with van der Waals surface area (Å²) in [6, 6.07) is 5.35. The first kappa shape index (κ1) is 17.0. The van der Waals surface area contributed by atoms with E-state index in [2.05, 4.69) is 0 Å². The molecule has 1 aromatic heterocycles. The standard InChI is InChI=1S/C20H16O7/c1-20(9-21)5-4-12-15(27-20)3-2-11(18(12)24)13-8-26-16-7-10(22)6-14(23)17(16)19(13)25/h2-8,21-24H,9H2,1H3/t20-/m0/s1. The van der Waals surface area contributed by atoms with Gasteiger partial charge in [-0.25, -0.2) is 0 Å². The average Bonchev–Trinajstić information content (AvgIpc) is 2.62. The molecule has 4 N–H and O–H groups in total. The van der Waals surface area contributed by atoms with E-state index in [9.17, 15) is 25.2 Å². The van der Waals surface area contributed by atoms with Gasteiger partial charge in [-0.05, 0) is 31.2 Å². The van der Waals surface area contributed by atoms with Crippen LogP contribution in [0.4, 0.5) is 0 Å². The molecule has 0 saturated heterocycles. The van der Waals surface area contributed by atoms with E-state index in [1.165, 1.54) is 12.1 Å². The van der Waals surface area contributed by atoms with Gasteiger partial charge in [0, 0.05) is 17.7 Å². The zero-order chi connectivity index (χ0) is 19.3. The van der Waals surface area contributed by atoms with Crippen LogP contribution in [-0.4, -0.2) is 32.6 Å². The maximum atomic E-state index is 12.8. The van der Waals surface area contributed by atoms with Gasteiger partial charge >= 0.3 is 0 Å². The topological polar surface area (TPSA) is 120 Å². The summed E-state index contributed by atoms with van der Waals surface area (Å²) < 4.78 is 11.1. The molecule has 0 radical (unpaired) electrons. The summed E-state index contributed by atoms with van der Waals surface area (Å²) in [5, 5.41) is 39.5. The lowest BCUT2D eigenvalue weighted by Crippen LogP contribution is -2.35. The van der Waals surface area contributed by atoms with E-state index in [4.69, 9.17) is 9.15 Å². The number of hydrogen-bond acceptors (Lipinski definition) is 7. The van der Waals surface area contributed by atoms with Crippen molar-refractivity contribution in [1.82, 2.24) is 0 Å². The normalized spacial score (nSPS) is 18.3. The predicted molar refractivity (Wildman–Crippen MR) is 98.1 cm³/mol. The Bertz CT molecular complexity index is 1160. The number of fused-ring (bicyclic) bond motifs is 2. The van der Waals surface area contributed by atoms with Crippen LogP contribution in [0.2, 0.25) is 0 Å². The molecule has 0 saturated carbocycles. The number of aliphatic hydroxyl groups excluding tert-OH is 1. The summed E-state index contributed by atoms with van der Waals surface area (Å²) in [6.45, 7) is 1.47. The first-order valence-corrected chi connectivity index (χ1v) is 8.16. The number of benzene rings is 2. The molecule has 1 atom stereocenters. The maximum absolute atomic E-state index is 12.8. The highest BCUT2D eigenvalue weighted by Crippen LogP contribution is 2.42. The minimum absolute atomic E-state index is 0.0284. The summed E-state index contributed by atoms with van der Waals surface area (Å²) in [4.78, 5) is 12.8. The molecule has 0 amide bonds. The summed E-state index contributed by atoms with van der Waals surface area (Å²) in [5.74, 6) is -0.469. The van der Waals surface area contributed by atoms with Gasteiger partial charge in [0.2, 0.25) is 5.43 Å².